The minimum atomic E-state index is 0.0389. The highest BCUT2D eigenvalue weighted by atomic mass is 16.5. The summed E-state index contributed by atoms with van der Waals surface area (Å²) in [5.41, 5.74) is 0. The Morgan fingerprint density at radius 2 is 1.57 bits per heavy atom. The molecule has 2 nitrogen and oxygen atoms in total. The van der Waals surface area contributed by atoms with Gasteiger partial charge in [0, 0.05) is 6.42 Å². The van der Waals surface area contributed by atoms with Crippen LogP contribution in [0.1, 0.15) is 104 Å². The highest BCUT2D eigenvalue weighted by Crippen LogP contribution is 2.26. The number of ether oxygens (including phenoxy) is 1. The molecule has 2 atom stereocenters. The predicted molar refractivity (Wildman–Crippen MR) is 89.4 cm³/mol. The van der Waals surface area contributed by atoms with Gasteiger partial charge in [0.05, 0.1) is 0 Å². The highest BCUT2D eigenvalue weighted by molar-refractivity contribution is 5.69. The molecule has 2 heteroatoms. The lowest BCUT2D eigenvalue weighted by Gasteiger charge is -2.26. The first-order valence-electron chi connectivity index (χ1n) is 9.41. The molecule has 0 saturated heterocycles. The number of hydrogen-bond acceptors (Lipinski definition) is 2. The van der Waals surface area contributed by atoms with Crippen LogP contribution in [0.25, 0.3) is 0 Å². The van der Waals surface area contributed by atoms with Crippen molar-refractivity contribution in [1.29, 1.82) is 0 Å². The largest absolute Gasteiger partial charge is 0.462 e. The molecular formula is C19H36O2. The van der Waals surface area contributed by atoms with Crippen LogP contribution >= 0.6 is 0 Å². The van der Waals surface area contributed by atoms with Crippen molar-refractivity contribution in [3.05, 3.63) is 0 Å². The van der Waals surface area contributed by atoms with E-state index in [4.69, 9.17) is 4.74 Å². The first-order chi connectivity index (χ1) is 10.2. The average Bonchev–Trinajstić information content (AvgIpc) is 2.45. The average molecular weight is 296 g/mol. The van der Waals surface area contributed by atoms with E-state index in [1.54, 1.807) is 0 Å². The molecule has 0 amide bonds. The Bertz CT molecular complexity index is 262. The summed E-state index contributed by atoms with van der Waals surface area (Å²) in [6, 6.07) is 0. The van der Waals surface area contributed by atoms with Crippen molar-refractivity contribution < 1.29 is 9.53 Å². The minimum absolute atomic E-state index is 0.0389. The third kappa shape index (κ3) is 9.92. The van der Waals surface area contributed by atoms with Crippen LogP contribution in [-0.2, 0) is 9.53 Å². The van der Waals surface area contributed by atoms with Gasteiger partial charge < -0.3 is 4.74 Å². The maximum atomic E-state index is 11.8. The summed E-state index contributed by atoms with van der Waals surface area (Å²) in [5, 5.41) is 0. The van der Waals surface area contributed by atoms with E-state index in [1.807, 2.05) is 0 Å². The summed E-state index contributed by atoms with van der Waals surface area (Å²) in [6.07, 6.45) is 17.1. The Morgan fingerprint density at radius 1 is 0.952 bits per heavy atom. The molecule has 0 radical (unpaired) electrons. The van der Waals surface area contributed by atoms with Gasteiger partial charge in [-0.3, -0.25) is 4.79 Å². The molecule has 0 bridgehead atoms. The molecule has 21 heavy (non-hydrogen) atoms. The van der Waals surface area contributed by atoms with E-state index in [2.05, 4.69) is 13.8 Å². The van der Waals surface area contributed by atoms with E-state index in [-0.39, 0.29) is 12.1 Å². The fourth-order valence-electron chi connectivity index (χ4n) is 3.31. The van der Waals surface area contributed by atoms with Crippen molar-refractivity contribution in [1.82, 2.24) is 0 Å². The van der Waals surface area contributed by atoms with Gasteiger partial charge in [-0.05, 0) is 31.6 Å². The van der Waals surface area contributed by atoms with E-state index in [1.165, 1.54) is 64.2 Å². The number of rotatable bonds is 11. The molecule has 1 saturated carbocycles. The van der Waals surface area contributed by atoms with Crippen molar-refractivity contribution >= 4 is 5.97 Å². The second-order valence-electron chi connectivity index (χ2n) is 6.96. The first-order valence-corrected chi connectivity index (χ1v) is 9.41. The lowest BCUT2D eigenvalue weighted by Crippen LogP contribution is -2.24. The quantitative estimate of drug-likeness (QED) is 0.344. The van der Waals surface area contributed by atoms with Crippen molar-refractivity contribution in [2.75, 3.05) is 0 Å². The molecule has 0 aromatic heterocycles. The molecule has 124 valence electrons. The first kappa shape index (κ1) is 18.5. The number of unbranched alkanes of at least 4 members (excludes halogenated alkanes) is 8. The number of carbonyl (C=O) groups is 1. The Balaban J connectivity index is 1.89. The molecule has 1 aliphatic rings. The Kier molecular flexibility index (Phi) is 10.6. The number of carbonyl (C=O) groups excluding carboxylic acids is 1. The molecule has 2 unspecified atom stereocenters. The Labute approximate surface area is 132 Å². The highest BCUT2D eigenvalue weighted by Gasteiger charge is 2.21. The summed E-state index contributed by atoms with van der Waals surface area (Å²) in [4.78, 5) is 11.8. The molecular weight excluding hydrogens is 260 g/mol. The van der Waals surface area contributed by atoms with Crippen molar-refractivity contribution in [2.45, 2.75) is 110 Å². The Morgan fingerprint density at radius 3 is 2.19 bits per heavy atom. The fourth-order valence-corrected chi connectivity index (χ4v) is 3.31. The van der Waals surface area contributed by atoms with Gasteiger partial charge in [-0.15, -0.1) is 0 Å². The van der Waals surface area contributed by atoms with Crippen molar-refractivity contribution in [3.8, 4) is 0 Å². The normalized spacial score (nSPS) is 22.2. The molecule has 0 aliphatic heterocycles. The lowest BCUT2D eigenvalue weighted by atomic mass is 9.89. The SMILES string of the molecule is CCCCCCCCCCCC(=O)OC1CCCC(C)C1. The van der Waals surface area contributed by atoms with Gasteiger partial charge in [-0.25, -0.2) is 0 Å². The summed E-state index contributed by atoms with van der Waals surface area (Å²) in [7, 11) is 0. The number of hydrogen-bond donors (Lipinski definition) is 0. The maximum Gasteiger partial charge on any atom is 0.306 e. The van der Waals surface area contributed by atoms with Gasteiger partial charge in [0.1, 0.15) is 6.10 Å². The van der Waals surface area contributed by atoms with Gasteiger partial charge in [0.2, 0.25) is 0 Å². The molecule has 1 aliphatic carbocycles. The zero-order valence-corrected chi connectivity index (χ0v) is 14.4. The molecule has 0 heterocycles. The standard InChI is InChI=1S/C19H36O2/c1-3-4-5-6-7-8-9-10-11-15-19(20)21-18-14-12-13-17(2)16-18/h17-18H,3-16H2,1-2H3. The molecule has 0 spiro atoms. The van der Waals surface area contributed by atoms with Crippen LogP contribution in [-0.4, -0.2) is 12.1 Å². The third-order valence-corrected chi connectivity index (χ3v) is 4.67. The van der Waals surface area contributed by atoms with Gasteiger partial charge in [-0.1, -0.05) is 71.6 Å². The van der Waals surface area contributed by atoms with Crippen LogP contribution in [0.4, 0.5) is 0 Å². The second kappa shape index (κ2) is 12.1. The third-order valence-electron chi connectivity index (χ3n) is 4.67. The monoisotopic (exact) mass is 296 g/mol. The molecule has 0 aromatic carbocycles. The van der Waals surface area contributed by atoms with Crippen LogP contribution in [0.5, 0.6) is 0 Å². The van der Waals surface area contributed by atoms with Crippen LogP contribution in [0.3, 0.4) is 0 Å². The molecule has 0 aromatic rings. The summed E-state index contributed by atoms with van der Waals surface area (Å²) >= 11 is 0. The van der Waals surface area contributed by atoms with Gasteiger partial charge in [-0.2, -0.15) is 0 Å². The summed E-state index contributed by atoms with van der Waals surface area (Å²) in [5.74, 6) is 0.765. The molecule has 1 rings (SSSR count). The maximum absolute atomic E-state index is 11.8. The zero-order chi connectivity index (χ0) is 15.3. The summed E-state index contributed by atoms with van der Waals surface area (Å²) < 4.78 is 5.59. The van der Waals surface area contributed by atoms with E-state index >= 15 is 0 Å². The van der Waals surface area contributed by atoms with Crippen molar-refractivity contribution in [2.24, 2.45) is 5.92 Å². The van der Waals surface area contributed by atoms with E-state index in [0.717, 1.165) is 25.2 Å². The van der Waals surface area contributed by atoms with E-state index in [9.17, 15) is 4.79 Å². The van der Waals surface area contributed by atoms with Crippen LogP contribution in [0.2, 0.25) is 0 Å². The predicted octanol–water partition coefficient (Wildman–Crippen LogP) is 6.03. The van der Waals surface area contributed by atoms with E-state index < -0.39 is 0 Å². The van der Waals surface area contributed by atoms with Crippen LogP contribution in [0, 0.1) is 5.92 Å². The van der Waals surface area contributed by atoms with Gasteiger partial charge in [0.25, 0.3) is 0 Å². The molecule has 0 N–H and O–H groups in total. The fraction of sp³-hybridized carbons (Fsp3) is 0.947. The van der Waals surface area contributed by atoms with Crippen molar-refractivity contribution in [3.63, 3.8) is 0 Å². The smallest absolute Gasteiger partial charge is 0.306 e. The van der Waals surface area contributed by atoms with Crippen LogP contribution in [0.15, 0.2) is 0 Å². The van der Waals surface area contributed by atoms with Gasteiger partial charge in [0.15, 0.2) is 0 Å². The zero-order valence-electron chi connectivity index (χ0n) is 14.4. The topological polar surface area (TPSA) is 26.3 Å². The summed E-state index contributed by atoms with van der Waals surface area (Å²) in [6.45, 7) is 4.52. The minimum Gasteiger partial charge on any atom is -0.462 e. The van der Waals surface area contributed by atoms with Gasteiger partial charge >= 0.3 is 5.97 Å². The number of esters is 1. The second-order valence-corrected chi connectivity index (χ2v) is 6.96. The Hall–Kier alpha value is -0.530. The lowest BCUT2D eigenvalue weighted by molar-refractivity contribution is -0.151. The molecule has 1 fully saturated rings. The van der Waals surface area contributed by atoms with Crippen LogP contribution < -0.4 is 0 Å². The van der Waals surface area contributed by atoms with E-state index in [0.29, 0.717) is 6.42 Å².